The number of hydrogen-bond donors (Lipinski definition) is 0. The van der Waals surface area contributed by atoms with Crippen molar-refractivity contribution >= 4 is 45.8 Å². The number of nitro benzene ring substituents is 1. The quantitative estimate of drug-likeness (QED) is 0.240. The van der Waals surface area contributed by atoms with Gasteiger partial charge in [-0.05, 0) is 30.7 Å². The van der Waals surface area contributed by atoms with Crippen LogP contribution in [0.4, 0.5) is 31.0 Å². The van der Waals surface area contributed by atoms with Crippen molar-refractivity contribution < 1.29 is 23.7 Å². The summed E-state index contributed by atoms with van der Waals surface area (Å²) in [5.74, 6) is -3.82. The lowest BCUT2D eigenvalue weighted by Crippen LogP contribution is -2.63. The minimum atomic E-state index is -2.73. The Balaban J connectivity index is 1.38. The molecule has 5 amide bonds. The molecule has 3 saturated heterocycles. The Morgan fingerprint density at radius 3 is 2.42 bits per heavy atom. The van der Waals surface area contributed by atoms with Crippen molar-refractivity contribution in [2.24, 2.45) is 0 Å². The summed E-state index contributed by atoms with van der Waals surface area (Å²) in [6, 6.07) is 14.5. The third kappa shape index (κ3) is 2.73. The number of nitrogens with zero attached hydrogens (tertiary/aromatic N) is 5. The van der Waals surface area contributed by atoms with Gasteiger partial charge in [-0.3, -0.25) is 24.7 Å². The number of anilines is 2. The van der Waals surface area contributed by atoms with Gasteiger partial charge in [0.05, 0.1) is 28.1 Å². The molecular formula is C25H20FN5O5. The lowest BCUT2D eigenvalue weighted by molar-refractivity contribution is -0.383. The Kier molecular flexibility index (Phi) is 4.56. The number of non-ortho nitro benzene ring substituents is 1. The SMILES string of the molecule is CN(C(=O)N1CC2CC1C1(F)C(=O)N(c3ccc([N+](=O)[O-])c4ccccc34)C(=O)N21)c1ccccc1. The number of imide groups is 1. The number of para-hydroxylation sites is 1. The zero-order valence-corrected chi connectivity index (χ0v) is 19.1. The van der Waals surface area contributed by atoms with Gasteiger partial charge < -0.3 is 4.90 Å². The maximum Gasteiger partial charge on any atom is 0.334 e. The Labute approximate surface area is 204 Å². The Hall–Kier alpha value is -4.54. The maximum absolute atomic E-state index is 16.6. The zero-order chi connectivity index (χ0) is 25.4. The molecule has 0 N–H and O–H groups in total. The first-order valence-electron chi connectivity index (χ1n) is 11.4. The van der Waals surface area contributed by atoms with Crippen LogP contribution in [-0.2, 0) is 4.79 Å². The number of alkyl halides is 1. The van der Waals surface area contributed by atoms with Crippen LogP contribution < -0.4 is 9.80 Å². The van der Waals surface area contributed by atoms with Gasteiger partial charge in [-0.1, -0.05) is 36.4 Å². The van der Waals surface area contributed by atoms with Gasteiger partial charge in [0.2, 0.25) is 0 Å². The van der Waals surface area contributed by atoms with E-state index in [1.165, 1.54) is 28.0 Å². The molecule has 3 unspecified atom stereocenters. The number of likely N-dealkylation sites (tertiary alicyclic amines) is 1. The molecule has 3 fully saturated rings. The van der Waals surface area contributed by atoms with Gasteiger partial charge in [-0.25, -0.2) is 18.9 Å². The molecule has 6 rings (SSSR count). The van der Waals surface area contributed by atoms with Crippen LogP contribution in [0.5, 0.6) is 0 Å². The van der Waals surface area contributed by atoms with E-state index < -0.39 is 40.8 Å². The molecule has 2 bridgehead atoms. The van der Waals surface area contributed by atoms with Crippen molar-refractivity contribution in [3.8, 4) is 0 Å². The molecular weight excluding hydrogens is 469 g/mol. The van der Waals surface area contributed by atoms with E-state index in [4.69, 9.17) is 0 Å². The van der Waals surface area contributed by atoms with Gasteiger partial charge in [-0.15, -0.1) is 0 Å². The van der Waals surface area contributed by atoms with E-state index in [2.05, 4.69) is 0 Å². The summed E-state index contributed by atoms with van der Waals surface area (Å²) in [5, 5.41) is 12.0. The molecule has 3 atom stereocenters. The van der Waals surface area contributed by atoms with Gasteiger partial charge in [-0.2, -0.15) is 0 Å². The van der Waals surface area contributed by atoms with E-state index in [-0.39, 0.29) is 35.1 Å². The van der Waals surface area contributed by atoms with Crippen LogP contribution >= 0.6 is 0 Å². The first kappa shape index (κ1) is 22.0. The van der Waals surface area contributed by atoms with Crippen molar-refractivity contribution in [3.63, 3.8) is 0 Å². The summed E-state index contributed by atoms with van der Waals surface area (Å²) in [6.07, 6.45) is 0.150. The first-order chi connectivity index (χ1) is 17.2. The van der Waals surface area contributed by atoms with Crippen LogP contribution in [-0.4, -0.2) is 64.2 Å². The predicted octanol–water partition coefficient (Wildman–Crippen LogP) is 3.90. The highest BCUT2D eigenvalue weighted by Gasteiger charge is 2.74. The molecule has 0 radical (unpaired) electrons. The lowest BCUT2D eigenvalue weighted by atomic mass is 10.0. The smallest absolute Gasteiger partial charge is 0.313 e. The molecule has 11 heteroatoms. The van der Waals surface area contributed by atoms with Crippen LogP contribution in [0.25, 0.3) is 10.8 Å². The van der Waals surface area contributed by atoms with Crippen molar-refractivity contribution in [1.82, 2.24) is 9.80 Å². The highest BCUT2D eigenvalue weighted by atomic mass is 19.1. The Bertz CT molecular complexity index is 1470. The summed E-state index contributed by atoms with van der Waals surface area (Å²) >= 11 is 0. The van der Waals surface area contributed by atoms with Gasteiger partial charge in [0.25, 0.3) is 17.4 Å². The fourth-order valence-corrected chi connectivity index (χ4v) is 5.68. The summed E-state index contributed by atoms with van der Waals surface area (Å²) in [6.45, 7) is 0.0974. The van der Waals surface area contributed by atoms with Crippen LogP contribution in [0.15, 0.2) is 66.7 Å². The number of hydrogen-bond acceptors (Lipinski definition) is 5. The Morgan fingerprint density at radius 2 is 1.72 bits per heavy atom. The fourth-order valence-electron chi connectivity index (χ4n) is 5.68. The fraction of sp³-hybridized carbons (Fsp3) is 0.240. The van der Waals surface area contributed by atoms with Gasteiger partial charge >= 0.3 is 12.1 Å². The third-order valence-electron chi connectivity index (χ3n) is 7.33. The standard InChI is InChI=1S/C25H20FN5O5/c1-27(15-7-3-2-4-8-15)23(33)28-14-16-13-21(28)25(26)22(32)29(24(34)30(16)25)19-11-12-20(31(35)36)18-10-6-5-9-17(18)19/h2-12,16,21H,13-14H2,1H3. The largest absolute Gasteiger partial charge is 0.334 e. The molecule has 3 aliphatic rings. The summed E-state index contributed by atoms with van der Waals surface area (Å²) in [7, 11) is 1.57. The number of piperazine rings is 1. The molecule has 3 heterocycles. The molecule has 0 saturated carbocycles. The van der Waals surface area contributed by atoms with E-state index in [1.807, 2.05) is 6.07 Å². The second-order valence-electron chi connectivity index (χ2n) is 9.11. The maximum atomic E-state index is 16.6. The number of nitro groups is 1. The average molecular weight is 489 g/mol. The molecule has 10 nitrogen and oxygen atoms in total. The second kappa shape index (κ2) is 7.48. The molecule has 0 aromatic heterocycles. The number of fused-ring (bicyclic) bond motifs is 6. The number of rotatable bonds is 3. The normalized spacial score (nSPS) is 24.6. The molecule has 182 valence electrons. The first-order valence-corrected chi connectivity index (χ1v) is 11.4. The van der Waals surface area contributed by atoms with Crippen LogP contribution in [0, 0.1) is 10.1 Å². The van der Waals surface area contributed by atoms with Gasteiger partial charge in [0.1, 0.15) is 0 Å². The second-order valence-corrected chi connectivity index (χ2v) is 9.11. The number of amides is 5. The van der Waals surface area contributed by atoms with Crippen molar-refractivity contribution in [3.05, 3.63) is 76.8 Å². The van der Waals surface area contributed by atoms with Crippen molar-refractivity contribution in [1.29, 1.82) is 0 Å². The summed E-state index contributed by atoms with van der Waals surface area (Å²) < 4.78 is 16.6. The Morgan fingerprint density at radius 1 is 1.06 bits per heavy atom. The van der Waals surface area contributed by atoms with E-state index in [0.29, 0.717) is 5.69 Å². The number of halogens is 1. The summed E-state index contributed by atoms with van der Waals surface area (Å²) in [5.41, 5.74) is 0.490. The summed E-state index contributed by atoms with van der Waals surface area (Å²) in [4.78, 5) is 55.6. The van der Waals surface area contributed by atoms with Crippen LogP contribution in [0.2, 0.25) is 0 Å². The number of carbonyl (C=O) groups excluding carboxylic acids is 3. The zero-order valence-electron chi connectivity index (χ0n) is 19.1. The van der Waals surface area contributed by atoms with E-state index >= 15 is 4.39 Å². The predicted molar refractivity (Wildman–Crippen MR) is 128 cm³/mol. The average Bonchev–Trinajstić information content (AvgIpc) is 3.51. The molecule has 3 aromatic carbocycles. The van der Waals surface area contributed by atoms with E-state index in [1.54, 1.807) is 49.5 Å². The highest BCUT2D eigenvalue weighted by Crippen LogP contribution is 2.51. The minimum absolute atomic E-state index is 0.0660. The monoisotopic (exact) mass is 489 g/mol. The number of carbonyl (C=O) groups is 3. The number of urea groups is 2. The van der Waals surface area contributed by atoms with Crippen molar-refractivity contribution in [2.75, 3.05) is 23.4 Å². The minimum Gasteiger partial charge on any atom is -0.313 e. The van der Waals surface area contributed by atoms with Crippen LogP contribution in [0.3, 0.4) is 0 Å². The van der Waals surface area contributed by atoms with Gasteiger partial charge in [0.15, 0.2) is 0 Å². The molecule has 0 aliphatic carbocycles. The lowest BCUT2D eigenvalue weighted by Gasteiger charge is -2.40. The molecule has 0 spiro atoms. The van der Waals surface area contributed by atoms with E-state index in [9.17, 15) is 24.5 Å². The van der Waals surface area contributed by atoms with E-state index in [0.717, 1.165) is 9.80 Å². The van der Waals surface area contributed by atoms with Crippen LogP contribution in [0.1, 0.15) is 6.42 Å². The molecule has 36 heavy (non-hydrogen) atoms. The molecule has 3 aliphatic heterocycles. The highest BCUT2D eigenvalue weighted by molar-refractivity contribution is 6.26. The van der Waals surface area contributed by atoms with Crippen molar-refractivity contribution in [2.45, 2.75) is 24.3 Å². The number of benzene rings is 3. The van der Waals surface area contributed by atoms with Gasteiger partial charge in [0, 0.05) is 30.7 Å². The molecule has 3 aromatic rings. The third-order valence-corrected chi connectivity index (χ3v) is 7.33. The topological polar surface area (TPSA) is 107 Å².